The van der Waals surface area contributed by atoms with E-state index >= 15 is 0 Å². The molecule has 0 spiro atoms. The highest BCUT2D eigenvalue weighted by Gasteiger charge is 2.63. The minimum atomic E-state index is -1.34. The third kappa shape index (κ3) is 5.39. The van der Waals surface area contributed by atoms with Crippen LogP contribution in [0.3, 0.4) is 0 Å². The van der Waals surface area contributed by atoms with Crippen LogP contribution in [0, 0.1) is 0 Å². The van der Waals surface area contributed by atoms with Crippen molar-refractivity contribution in [2.45, 2.75) is 36.0 Å². The summed E-state index contributed by atoms with van der Waals surface area (Å²) >= 11 is 3.44. The Morgan fingerprint density at radius 3 is 2.69 bits per heavy atom. The van der Waals surface area contributed by atoms with E-state index in [1.807, 2.05) is 6.92 Å². The van der Waals surface area contributed by atoms with Crippen molar-refractivity contribution in [3.05, 3.63) is 28.4 Å². The van der Waals surface area contributed by atoms with Gasteiger partial charge in [-0.05, 0) is 6.92 Å². The highest BCUT2D eigenvalue weighted by atomic mass is 32.2. The van der Waals surface area contributed by atoms with Crippen molar-refractivity contribution in [2.75, 3.05) is 25.7 Å². The molecule has 1 aliphatic heterocycles. The molecule has 0 aromatic carbocycles. The number of ether oxygens (including phenoxy) is 1. The molecule has 3 heterocycles. The summed E-state index contributed by atoms with van der Waals surface area (Å²) in [5.74, 6) is -1.95. The first-order valence-corrected chi connectivity index (χ1v) is 13.9. The van der Waals surface area contributed by atoms with Crippen molar-refractivity contribution in [1.82, 2.24) is 25.1 Å². The molecular weight excluding hydrogens is 572 g/mol. The van der Waals surface area contributed by atoms with Gasteiger partial charge >= 0.3 is 12.1 Å². The van der Waals surface area contributed by atoms with E-state index in [9.17, 15) is 24.3 Å². The highest BCUT2D eigenvalue weighted by Crippen LogP contribution is 2.41. The number of hydrogen-bond donors (Lipinski definition) is 3. The molecule has 4 rings (SSSR count). The van der Waals surface area contributed by atoms with Crippen molar-refractivity contribution >= 4 is 75.2 Å². The third-order valence-corrected chi connectivity index (χ3v) is 8.68. The standard InChI is InChI=1S/C21H22N8O7S3/c1-5-28-20(25-16(26-28)18(32)35-3)38-7-10-8(2)39-15-12(14(30)13(15)29(10)21(33)34)24-17(31)11(27-36-4)9-6-37-19(22)23-9/h6,12-13,15H,2,5,7H2,1,3-4H3,(H3-,22,23,24,31,33,34)/p+1/b27-11-/t12-,13?,15-/m1/s1. The Hall–Kier alpha value is -3.77. The zero-order valence-electron chi connectivity index (χ0n) is 20.8. The molecule has 1 unspecified atom stereocenters. The van der Waals surface area contributed by atoms with Gasteiger partial charge < -0.3 is 25.7 Å². The number of thiazole rings is 1. The van der Waals surface area contributed by atoms with Crippen molar-refractivity contribution in [3.63, 3.8) is 0 Å². The molecule has 2 aromatic heterocycles. The van der Waals surface area contributed by atoms with Crippen molar-refractivity contribution in [3.8, 4) is 0 Å². The van der Waals surface area contributed by atoms with Crippen LogP contribution in [-0.2, 0) is 25.7 Å². The Labute approximate surface area is 233 Å². The van der Waals surface area contributed by atoms with Crippen LogP contribution in [0.4, 0.5) is 9.93 Å². The Kier molecular flexibility index (Phi) is 8.36. The smallest absolute Gasteiger partial charge is 0.463 e. The number of rotatable bonds is 9. The lowest BCUT2D eigenvalue weighted by atomic mass is 9.83. The quantitative estimate of drug-likeness (QED) is 0.119. The fourth-order valence-corrected chi connectivity index (χ4v) is 6.95. The molecule has 2 aromatic rings. The molecule has 1 fully saturated rings. The lowest BCUT2D eigenvalue weighted by Gasteiger charge is -2.41. The van der Waals surface area contributed by atoms with Gasteiger partial charge in [0.2, 0.25) is 17.5 Å². The fraction of sp³-hybridized carbons (Fsp3) is 0.381. The summed E-state index contributed by atoms with van der Waals surface area (Å²) in [5, 5.41) is 21.9. The number of nitrogen functional groups attached to an aromatic ring is 1. The van der Waals surface area contributed by atoms with Crippen molar-refractivity contribution in [2.24, 2.45) is 5.16 Å². The number of hydrogen-bond acceptors (Lipinski definition) is 14. The van der Waals surface area contributed by atoms with E-state index in [1.54, 1.807) is 0 Å². The second-order valence-corrected chi connectivity index (χ2v) is 11.0. The second kappa shape index (κ2) is 11.5. The predicted octanol–water partition coefficient (Wildman–Crippen LogP) is 0.463. The minimum Gasteiger partial charge on any atom is -0.463 e. The normalized spacial score (nSPS) is 20.8. The Balaban J connectivity index is 1.54. The zero-order chi connectivity index (χ0) is 28.4. The number of Topliss-reactive ketones (excluding diaryl/α,β-unsaturated/α-hetero) is 1. The largest absolute Gasteiger partial charge is 0.594 e. The Bertz CT molecular complexity index is 1430. The van der Waals surface area contributed by atoms with E-state index < -0.39 is 41.1 Å². The molecule has 4 N–H and O–H groups in total. The summed E-state index contributed by atoms with van der Waals surface area (Å²) in [6.07, 6.45) is -1.34. The lowest BCUT2D eigenvalue weighted by molar-refractivity contribution is -0.479. The molecule has 15 nitrogen and oxygen atoms in total. The number of allylic oxidation sites excluding steroid dienone is 1. The maximum atomic E-state index is 13.1. The molecular formula is C21H23N8O7S3+. The van der Waals surface area contributed by atoms with E-state index in [2.05, 4.69) is 36.9 Å². The lowest BCUT2D eigenvalue weighted by Crippen LogP contribution is -2.72. The maximum absolute atomic E-state index is 13.1. The van der Waals surface area contributed by atoms with Gasteiger partial charge in [-0.15, -0.1) is 32.8 Å². The number of fused-ring (bicyclic) bond motifs is 1. The number of amides is 2. The van der Waals surface area contributed by atoms with Crippen LogP contribution in [0.25, 0.3) is 0 Å². The fourth-order valence-electron chi connectivity index (χ4n) is 3.90. The van der Waals surface area contributed by atoms with Gasteiger partial charge in [0.05, 0.1) is 17.8 Å². The molecule has 0 saturated heterocycles. The number of nitrogens with one attached hydrogen (secondary N) is 1. The summed E-state index contributed by atoms with van der Waals surface area (Å²) in [6.45, 7) is 6.22. The topological polar surface area (TPSA) is 204 Å². The number of ketones is 1. The number of anilines is 1. The molecule has 2 aliphatic rings. The number of aryl methyl sites for hydroxylation is 1. The van der Waals surface area contributed by atoms with Crippen molar-refractivity contribution < 1.29 is 38.4 Å². The number of nitrogens with zero attached hydrogens (tertiary/aromatic N) is 6. The van der Waals surface area contributed by atoms with Gasteiger partial charge in [-0.3, -0.25) is 9.59 Å². The molecule has 0 radical (unpaired) electrons. The van der Waals surface area contributed by atoms with Gasteiger partial charge in [-0.2, -0.15) is 9.78 Å². The number of thioether (sulfide) groups is 2. The van der Waals surface area contributed by atoms with E-state index in [4.69, 9.17) is 10.6 Å². The highest BCUT2D eigenvalue weighted by molar-refractivity contribution is 8.05. The summed E-state index contributed by atoms with van der Waals surface area (Å²) in [4.78, 5) is 63.5. The Morgan fingerprint density at radius 1 is 1.36 bits per heavy atom. The van der Waals surface area contributed by atoms with Crippen LogP contribution in [0.1, 0.15) is 23.2 Å². The number of carbonyl (C=O) groups excluding carboxylic acids is 3. The number of carbonyl (C=O) groups is 4. The van der Waals surface area contributed by atoms with Gasteiger partial charge in [0.25, 0.3) is 11.7 Å². The van der Waals surface area contributed by atoms with Gasteiger partial charge in [0.1, 0.15) is 24.1 Å². The molecule has 1 aliphatic carbocycles. The number of oxime groups is 1. The Morgan fingerprint density at radius 2 is 2.10 bits per heavy atom. The second-order valence-electron chi connectivity index (χ2n) is 7.91. The zero-order valence-corrected chi connectivity index (χ0v) is 23.3. The van der Waals surface area contributed by atoms with E-state index in [1.165, 1.54) is 36.0 Å². The number of aromatic nitrogens is 4. The first-order valence-electron chi connectivity index (χ1n) is 11.2. The molecule has 0 bridgehead atoms. The molecule has 206 valence electrons. The third-order valence-electron chi connectivity index (χ3n) is 5.71. The first kappa shape index (κ1) is 28.2. The number of nitrogens with two attached hydrogens (primary N) is 1. The average Bonchev–Trinajstić information content (AvgIpc) is 3.54. The van der Waals surface area contributed by atoms with E-state index in [-0.39, 0.29) is 28.1 Å². The molecule has 18 heteroatoms. The molecule has 3 atom stereocenters. The van der Waals surface area contributed by atoms with Crippen LogP contribution >= 0.6 is 34.9 Å². The first-order chi connectivity index (χ1) is 18.6. The summed E-state index contributed by atoms with van der Waals surface area (Å²) in [6, 6.07) is -2.03. The maximum Gasteiger partial charge on any atom is 0.594 e. The SMILES string of the molecule is C=C1S[C@H]2C(C(=O)[C@H]2NC(=O)/C(=N\OC)c2csc(N)n2)[N+](C(=O)O)=C1CSc1nc(C(=O)OC)nn1CC. The van der Waals surface area contributed by atoms with Gasteiger partial charge in [-0.1, -0.05) is 23.5 Å². The summed E-state index contributed by atoms with van der Waals surface area (Å²) in [5.41, 5.74) is 5.95. The van der Waals surface area contributed by atoms with E-state index in [0.717, 1.165) is 27.7 Å². The molecule has 1 saturated carbocycles. The summed E-state index contributed by atoms with van der Waals surface area (Å²) in [7, 11) is 2.47. The van der Waals surface area contributed by atoms with Crippen molar-refractivity contribution in [1.29, 1.82) is 0 Å². The van der Waals surface area contributed by atoms with Gasteiger partial charge in [0, 0.05) is 11.9 Å². The monoisotopic (exact) mass is 595 g/mol. The molecule has 39 heavy (non-hydrogen) atoms. The van der Waals surface area contributed by atoms with Crippen LogP contribution in [0.5, 0.6) is 0 Å². The predicted molar refractivity (Wildman–Crippen MR) is 142 cm³/mol. The van der Waals surface area contributed by atoms with Crippen LogP contribution in [0.15, 0.2) is 27.2 Å². The van der Waals surface area contributed by atoms with Crippen LogP contribution in [0.2, 0.25) is 0 Å². The number of esters is 1. The van der Waals surface area contributed by atoms with Gasteiger partial charge in [0.15, 0.2) is 16.0 Å². The minimum absolute atomic E-state index is 0.0842. The number of methoxy groups -OCH3 is 1. The van der Waals surface area contributed by atoms with Crippen LogP contribution < -0.4 is 11.1 Å². The van der Waals surface area contributed by atoms with E-state index in [0.29, 0.717) is 22.3 Å². The molecule has 2 amide bonds. The van der Waals surface area contributed by atoms with Crippen LogP contribution in [-0.4, -0.2) is 102 Å². The number of carboxylic acid groups (broad SMARTS) is 1. The van der Waals surface area contributed by atoms with Gasteiger partial charge in [-0.25, -0.2) is 14.5 Å². The average molecular weight is 596 g/mol. The summed E-state index contributed by atoms with van der Waals surface area (Å²) < 4.78 is 7.12.